The number of thioether (sulfide) groups is 1. The second-order valence-electron chi connectivity index (χ2n) is 11.0. The number of aliphatic carboxylic acids is 1. The standard InChI is InChI=1S/C26H36N2O5S.C2HF3O2/c1-15(2)14-26(25(31)33-5)21-20(23(29)28(3)24(21)30)22(27-26)16-11-12-19(18(13-16)32-4)34-17-9-7-6-8-10-17;3-2(4,5)1(6)7/h11-13,15,17,20-22,27H,6-10,14H2,1-5H3;(H,6,7)/t20?,21?,22?,26-;/m1./s1. The number of carbonyl (C=O) groups is 4. The summed E-state index contributed by atoms with van der Waals surface area (Å²) < 4.78 is 42.7. The number of nitrogens with one attached hydrogen (secondary N) is 1. The Labute approximate surface area is 241 Å². The zero-order valence-electron chi connectivity index (χ0n) is 23.7. The Morgan fingerprint density at radius 3 is 2.27 bits per heavy atom. The lowest BCUT2D eigenvalue weighted by Gasteiger charge is -2.33. The Morgan fingerprint density at radius 1 is 1.15 bits per heavy atom. The van der Waals surface area contributed by atoms with Crippen molar-refractivity contribution in [3.8, 4) is 5.75 Å². The number of halogens is 3. The van der Waals surface area contributed by atoms with Crippen LogP contribution in [0, 0.1) is 17.8 Å². The van der Waals surface area contributed by atoms with Gasteiger partial charge in [0.2, 0.25) is 11.8 Å². The maximum absolute atomic E-state index is 13.2. The van der Waals surface area contributed by atoms with Gasteiger partial charge in [-0.25, -0.2) is 4.79 Å². The summed E-state index contributed by atoms with van der Waals surface area (Å²) in [6.07, 6.45) is 1.58. The lowest BCUT2D eigenvalue weighted by atomic mass is 9.75. The quantitative estimate of drug-likeness (QED) is 0.341. The number of fused-ring (bicyclic) bond motifs is 1. The van der Waals surface area contributed by atoms with Gasteiger partial charge in [-0.2, -0.15) is 13.2 Å². The van der Waals surface area contributed by atoms with Crippen LogP contribution in [0.15, 0.2) is 23.1 Å². The highest BCUT2D eigenvalue weighted by Crippen LogP contribution is 2.51. The van der Waals surface area contributed by atoms with Crippen molar-refractivity contribution in [1.82, 2.24) is 10.2 Å². The van der Waals surface area contributed by atoms with E-state index in [0.717, 1.165) is 16.2 Å². The summed E-state index contributed by atoms with van der Waals surface area (Å²) >= 11 is 1.86. The molecule has 2 aliphatic heterocycles. The SMILES string of the molecule is COC(=O)[C@]1(CC(C)C)NC(c2ccc(SC3CCCCC3)c(OC)c2)C2C(=O)N(C)C(=O)C21.O=C(O)C(F)(F)F. The van der Waals surface area contributed by atoms with Crippen LogP contribution >= 0.6 is 11.8 Å². The van der Waals surface area contributed by atoms with Crippen molar-refractivity contribution in [2.75, 3.05) is 21.3 Å². The molecule has 2 N–H and O–H groups in total. The van der Waals surface area contributed by atoms with Crippen LogP contribution in [0.1, 0.15) is 64.0 Å². The minimum Gasteiger partial charge on any atom is -0.496 e. The summed E-state index contributed by atoms with van der Waals surface area (Å²) in [7, 11) is 4.49. The third-order valence-corrected chi connectivity index (χ3v) is 9.19. The Bertz CT molecular complexity index is 1160. The first-order chi connectivity index (χ1) is 19.2. The highest BCUT2D eigenvalue weighted by atomic mass is 32.2. The van der Waals surface area contributed by atoms with Crippen molar-refractivity contribution in [1.29, 1.82) is 0 Å². The molecule has 1 aliphatic carbocycles. The number of rotatable bonds is 7. The first-order valence-corrected chi connectivity index (χ1v) is 14.4. The van der Waals surface area contributed by atoms with Crippen molar-refractivity contribution < 1.29 is 46.9 Å². The number of imide groups is 1. The molecule has 41 heavy (non-hydrogen) atoms. The number of likely N-dealkylation sites (tertiary alicyclic amines) is 1. The zero-order chi connectivity index (χ0) is 30.7. The molecule has 1 saturated carbocycles. The molecule has 0 spiro atoms. The van der Waals surface area contributed by atoms with E-state index in [1.54, 1.807) is 7.11 Å². The van der Waals surface area contributed by atoms with E-state index in [1.165, 1.54) is 51.2 Å². The number of esters is 1. The van der Waals surface area contributed by atoms with Crippen LogP contribution in [0.2, 0.25) is 0 Å². The number of hydrogen-bond donors (Lipinski definition) is 2. The monoisotopic (exact) mass is 602 g/mol. The number of carboxylic acids is 1. The molecule has 9 nitrogen and oxygen atoms in total. The molecule has 4 atom stereocenters. The number of alkyl halides is 3. The molecule has 0 radical (unpaired) electrons. The van der Waals surface area contributed by atoms with Crippen LogP contribution in [0.5, 0.6) is 5.75 Å². The van der Waals surface area contributed by atoms with Crippen LogP contribution in [-0.2, 0) is 23.9 Å². The van der Waals surface area contributed by atoms with Gasteiger partial charge in [-0.05, 0) is 42.9 Å². The fourth-order valence-electron chi connectivity index (χ4n) is 6.06. The van der Waals surface area contributed by atoms with E-state index in [2.05, 4.69) is 11.4 Å². The molecule has 2 saturated heterocycles. The Hall–Kier alpha value is -2.80. The maximum atomic E-state index is 13.2. The first kappa shape index (κ1) is 32.7. The highest BCUT2D eigenvalue weighted by molar-refractivity contribution is 8.00. The smallest absolute Gasteiger partial charge is 0.490 e. The molecule has 2 heterocycles. The van der Waals surface area contributed by atoms with E-state index >= 15 is 0 Å². The molecule has 3 aliphatic rings. The number of hydrogen-bond acceptors (Lipinski definition) is 8. The van der Waals surface area contributed by atoms with Gasteiger partial charge in [0, 0.05) is 23.2 Å². The largest absolute Gasteiger partial charge is 0.496 e. The average Bonchev–Trinajstić information content (AvgIpc) is 3.37. The molecular formula is C28H37F3N2O7S. The van der Waals surface area contributed by atoms with Crippen molar-refractivity contribution in [3.63, 3.8) is 0 Å². The lowest BCUT2D eigenvalue weighted by Crippen LogP contribution is -2.56. The minimum atomic E-state index is -5.08. The number of carboxylic acid groups (broad SMARTS) is 1. The lowest BCUT2D eigenvalue weighted by molar-refractivity contribution is -0.192. The van der Waals surface area contributed by atoms with E-state index in [0.29, 0.717) is 11.7 Å². The van der Waals surface area contributed by atoms with Gasteiger partial charge in [0.25, 0.3) is 0 Å². The maximum Gasteiger partial charge on any atom is 0.490 e. The van der Waals surface area contributed by atoms with Crippen molar-refractivity contribution in [2.45, 2.75) is 80.3 Å². The molecule has 2 amide bonds. The normalized spacial score (nSPS) is 26.5. The van der Waals surface area contributed by atoms with Gasteiger partial charge >= 0.3 is 18.1 Å². The van der Waals surface area contributed by atoms with Gasteiger partial charge in [0.1, 0.15) is 11.3 Å². The van der Waals surface area contributed by atoms with E-state index in [9.17, 15) is 27.6 Å². The number of nitrogens with zero attached hydrogens (tertiary/aromatic N) is 1. The topological polar surface area (TPSA) is 122 Å². The van der Waals surface area contributed by atoms with E-state index in [4.69, 9.17) is 19.4 Å². The van der Waals surface area contributed by atoms with E-state index in [1.807, 2.05) is 37.7 Å². The molecule has 0 aromatic heterocycles. The van der Waals surface area contributed by atoms with Crippen LogP contribution in [0.4, 0.5) is 13.2 Å². The molecule has 0 bridgehead atoms. The third-order valence-electron chi connectivity index (χ3n) is 7.79. The molecular weight excluding hydrogens is 565 g/mol. The van der Waals surface area contributed by atoms with Gasteiger partial charge in [0.15, 0.2) is 0 Å². The van der Waals surface area contributed by atoms with E-state index < -0.39 is 41.5 Å². The molecule has 3 fully saturated rings. The number of methoxy groups -OCH3 is 2. The first-order valence-electron chi connectivity index (χ1n) is 13.5. The van der Waals surface area contributed by atoms with Gasteiger partial charge in [-0.1, -0.05) is 39.2 Å². The highest BCUT2D eigenvalue weighted by Gasteiger charge is 2.68. The third kappa shape index (κ3) is 6.82. The molecule has 4 rings (SSSR count). The second kappa shape index (κ2) is 13.0. The molecule has 3 unspecified atom stereocenters. The molecule has 1 aromatic carbocycles. The van der Waals surface area contributed by atoms with Crippen molar-refractivity contribution in [2.24, 2.45) is 17.8 Å². The summed E-state index contributed by atoms with van der Waals surface area (Å²) in [6, 6.07) is 5.52. The minimum absolute atomic E-state index is 0.114. The summed E-state index contributed by atoms with van der Waals surface area (Å²) in [4.78, 5) is 50.8. The summed E-state index contributed by atoms with van der Waals surface area (Å²) in [5, 5.41) is 11.1. The number of amides is 2. The Kier molecular flexibility index (Phi) is 10.4. The van der Waals surface area contributed by atoms with Crippen LogP contribution < -0.4 is 10.1 Å². The van der Waals surface area contributed by atoms with Gasteiger partial charge < -0.3 is 14.6 Å². The van der Waals surface area contributed by atoms with Crippen LogP contribution in [0.25, 0.3) is 0 Å². The van der Waals surface area contributed by atoms with Crippen molar-refractivity contribution in [3.05, 3.63) is 23.8 Å². The Balaban J connectivity index is 0.000000587. The number of benzene rings is 1. The van der Waals surface area contributed by atoms with Gasteiger partial charge in [0.05, 0.1) is 26.1 Å². The zero-order valence-corrected chi connectivity index (χ0v) is 24.6. The van der Waals surface area contributed by atoms with Crippen LogP contribution in [0.3, 0.4) is 0 Å². The fraction of sp³-hybridized carbons (Fsp3) is 0.643. The summed E-state index contributed by atoms with van der Waals surface area (Å²) in [5.41, 5.74) is -0.413. The molecule has 1 aromatic rings. The predicted molar refractivity (Wildman–Crippen MR) is 144 cm³/mol. The number of ether oxygens (including phenoxy) is 2. The second-order valence-corrected chi connectivity index (χ2v) is 12.4. The van der Waals surface area contributed by atoms with Gasteiger partial charge in [-0.15, -0.1) is 11.8 Å². The summed E-state index contributed by atoms with van der Waals surface area (Å²) in [5.74, 6) is -4.43. The molecule has 228 valence electrons. The average molecular weight is 603 g/mol. The molecule has 13 heteroatoms. The van der Waals surface area contributed by atoms with E-state index in [-0.39, 0.29) is 17.7 Å². The summed E-state index contributed by atoms with van der Waals surface area (Å²) in [6.45, 7) is 4.00. The van der Waals surface area contributed by atoms with Crippen molar-refractivity contribution >= 4 is 35.5 Å². The fourth-order valence-corrected chi connectivity index (χ4v) is 7.39. The van der Waals surface area contributed by atoms with Gasteiger partial charge in [-0.3, -0.25) is 24.6 Å². The van der Waals surface area contributed by atoms with Crippen LogP contribution in [-0.4, -0.2) is 72.0 Å². The Morgan fingerprint density at radius 2 is 1.76 bits per heavy atom. The predicted octanol–water partition coefficient (Wildman–Crippen LogP) is 4.59. The number of carbonyl (C=O) groups excluding carboxylic acids is 3.